The summed E-state index contributed by atoms with van der Waals surface area (Å²) in [4.78, 5) is 5.36. The summed E-state index contributed by atoms with van der Waals surface area (Å²) < 4.78 is 10.8. The van der Waals surface area contributed by atoms with Crippen LogP contribution < -0.4 is 9.47 Å². The van der Waals surface area contributed by atoms with Crippen LogP contribution in [0.4, 0.5) is 0 Å². The molecule has 1 heterocycles. The van der Waals surface area contributed by atoms with E-state index in [1.165, 1.54) is 57.4 Å². The van der Waals surface area contributed by atoms with E-state index in [1.54, 1.807) is 14.2 Å². The lowest BCUT2D eigenvalue weighted by molar-refractivity contribution is 0.0679. The average Bonchev–Trinajstić information content (AvgIpc) is 3.25. The lowest BCUT2D eigenvalue weighted by Crippen LogP contribution is -2.51. The van der Waals surface area contributed by atoms with E-state index in [4.69, 9.17) is 9.47 Å². The maximum absolute atomic E-state index is 5.43. The Kier molecular flexibility index (Phi) is 4.68. The summed E-state index contributed by atoms with van der Waals surface area (Å²) in [7, 11) is 3.39. The monoisotopic (exact) mass is 330 g/mol. The van der Waals surface area contributed by atoms with E-state index in [2.05, 4.69) is 21.9 Å². The first kappa shape index (κ1) is 16.2. The van der Waals surface area contributed by atoms with Gasteiger partial charge in [-0.05, 0) is 48.8 Å². The number of benzene rings is 1. The zero-order valence-corrected chi connectivity index (χ0v) is 15.0. The van der Waals surface area contributed by atoms with E-state index in [1.807, 2.05) is 6.07 Å². The van der Waals surface area contributed by atoms with E-state index in [9.17, 15) is 0 Å². The standard InChI is InChI=1S/C20H30N2O2/c1-23-19-6-4-16(13-20(19)24-2)14-21-7-9-22(10-8-21)18-12-15-3-5-17(18)11-15/h4,6,13,15,17-18H,3,5,7-12,14H2,1-2H3/t15-,17+,18+/m1/s1. The van der Waals surface area contributed by atoms with Gasteiger partial charge in [0.25, 0.3) is 0 Å². The molecular weight excluding hydrogens is 300 g/mol. The molecule has 0 aromatic heterocycles. The minimum atomic E-state index is 0.808. The first-order chi connectivity index (χ1) is 11.8. The summed E-state index contributed by atoms with van der Waals surface area (Å²) in [6.07, 6.45) is 5.97. The molecule has 2 saturated carbocycles. The molecule has 2 bridgehead atoms. The van der Waals surface area contributed by atoms with Crippen LogP contribution in [-0.2, 0) is 6.54 Å². The van der Waals surface area contributed by atoms with Crippen LogP contribution in [0.15, 0.2) is 18.2 Å². The number of methoxy groups -OCH3 is 2. The van der Waals surface area contributed by atoms with Crippen molar-refractivity contribution in [1.82, 2.24) is 9.80 Å². The van der Waals surface area contributed by atoms with Gasteiger partial charge < -0.3 is 9.47 Å². The molecular formula is C20H30N2O2. The van der Waals surface area contributed by atoms with Crippen molar-refractivity contribution < 1.29 is 9.47 Å². The molecule has 1 aromatic carbocycles. The summed E-state index contributed by atoms with van der Waals surface area (Å²) in [5, 5.41) is 0. The fourth-order valence-electron chi connectivity index (χ4n) is 5.15. The number of nitrogens with zero attached hydrogens (tertiary/aromatic N) is 2. The molecule has 4 heteroatoms. The first-order valence-corrected chi connectivity index (χ1v) is 9.44. The van der Waals surface area contributed by atoms with Gasteiger partial charge >= 0.3 is 0 Å². The van der Waals surface area contributed by atoms with E-state index in [0.717, 1.165) is 35.9 Å². The number of rotatable bonds is 5. The number of fused-ring (bicyclic) bond motifs is 2. The normalized spacial score (nSPS) is 30.7. The predicted molar refractivity (Wildman–Crippen MR) is 95.6 cm³/mol. The molecule has 0 spiro atoms. The smallest absolute Gasteiger partial charge is 0.161 e. The molecule has 0 unspecified atom stereocenters. The Morgan fingerprint density at radius 1 is 0.958 bits per heavy atom. The number of hydrogen-bond donors (Lipinski definition) is 0. The Labute approximate surface area is 145 Å². The second-order valence-electron chi connectivity index (χ2n) is 7.74. The summed E-state index contributed by atoms with van der Waals surface area (Å²) >= 11 is 0. The van der Waals surface area contributed by atoms with Crippen molar-refractivity contribution >= 4 is 0 Å². The molecule has 4 nitrogen and oxygen atoms in total. The summed E-state index contributed by atoms with van der Waals surface area (Å²) in [6.45, 7) is 5.84. The van der Waals surface area contributed by atoms with Crippen LogP contribution in [-0.4, -0.2) is 56.2 Å². The molecule has 0 amide bonds. The van der Waals surface area contributed by atoms with Crippen LogP contribution in [0.2, 0.25) is 0 Å². The van der Waals surface area contributed by atoms with E-state index in [-0.39, 0.29) is 0 Å². The molecule has 1 aromatic rings. The van der Waals surface area contributed by atoms with Crippen molar-refractivity contribution in [2.75, 3.05) is 40.4 Å². The summed E-state index contributed by atoms with van der Waals surface area (Å²) in [6, 6.07) is 7.18. The molecule has 1 saturated heterocycles. The highest BCUT2D eigenvalue weighted by molar-refractivity contribution is 5.42. The van der Waals surface area contributed by atoms with Crippen LogP contribution in [0.3, 0.4) is 0 Å². The molecule has 2 aliphatic carbocycles. The Hall–Kier alpha value is -1.26. The van der Waals surface area contributed by atoms with E-state index < -0.39 is 0 Å². The molecule has 4 rings (SSSR count). The minimum absolute atomic E-state index is 0.808. The van der Waals surface area contributed by atoms with Crippen LogP contribution in [0.5, 0.6) is 11.5 Å². The molecule has 3 fully saturated rings. The third-order valence-corrected chi connectivity index (χ3v) is 6.43. The third-order valence-electron chi connectivity index (χ3n) is 6.43. The number of piperazine rings is 1. The van der Waals surface area contributed by atoms with Crippen LogP contribution in [0.25, 0.3) is 0 Å². The van der Waals surface area contributed by atoms with Gasteiger partial charge in [-0.1, -0.05) is 12.5 Å². The maximum atomic E-state index is 5.43. The number of hydrogen-bond acceptors (Lipinski definition) is 4. The number of ether oxygens (including phenoxy) is 2. The van der Waals surface area contributed by atoms with Crippen molar-refractivity contribution in [2.24, 2.45) is 11.8 Å². The van der Waals surface area contributed by atoms with Gasteiger partial charge in [-0.15, -0.1) is 0 Å². The maximum Gasteiger partial charge on any atom is 0.161 e. The van der Waals surface area contributed by atoms with Crippen LogP contribution in [0, 0.1) is 11.8 Å². The highest BCUT2D eigenvalue weighted by atomic mass is 16.5. The Balaban J connectivity index is 1.32. The molecule has 3 aliphatic rings. The molecule has 132 valence electrons. The lowest BCUT2D eigenvalue weighted by atomic mass is 9.93. The largest absolute Gasteiger partial charge is 0.493 e. The lowest BCUT2D eigenvalue weighted by Gasteiger charge is -2.41. The van der Waals surface area contributed by atoms with Gasteiger partial charge in [-0.25, -0.2) is 0 Å². The SMILES string of the molecule is COc1ccc(CN2CCN([C@H]3C[C@@H]4CC[C@H]3C4)CC2)cc1OC. The predicted octanol–water partition coefficient (Wildman–Crippen LogP) is 3.01. The van der Waals surface area contributed by atoms with Crippen LogP contribution in [0.1, 0.15) is 31.2 Å². The summed E-state index contributed by atoms with van der Waals surface area (Å²) in [5.74, 6) is 3.69. The van der Waals surface area contributed by atoms with Gasteiger partial charge in [0.15, 0.2) is 11.5 Å². The Morgan fingerprint density at radius 2 is 1.75 bits per heavy atom. The van der Waals surface area contributed by atoms with Crippen molar-refractivity contribution in [3.05, 3.63) is 23.8 Å². The van der Waals surface area contributed by atoms with Gasteiger partial charge in [-0.3, -0.25) is 9.80 Å². The van der Waals surface area contributed by atoms with Gasteiger partial charge in [0.1, 0.15) is 0 Å². The van der Waals surface area contributed by atoms with Crippen molar-refractivity contribution in [3.8, 4) is 11.5 Å². The Morgan fingerprint density at radius 3 is 2.38 bits per heavy atom. The third kappa shape index (κ3) is 3.14. The first-order valence-electron chi connectivity index (χ1n) is 9.44. The molecule has 24 heavy (non-hydrogen) atoms. The topological polar surface area (TPSA) is 24.9 Å². The van der Waals surface area contributed by atoms with Gasteiger partial charge in [0.2, 0.25) is 0 Å². The van der Waals surface area contributed by atoms with Crippen molar-refractivity contribution in [3.63, 3.8) is 0 Å². The molecule has 3 atom stereocenters. The minimum Gasteiger partial charge on any atom is -0.493 e. The molecule has 1 aliphatic heterocycles. The van der Waals surface area contributed by atoms with Gasteiger partial charge in [0, 0.05) is 38.8 Å². The van der Waals surface area contributed by atoms with Crippen molar-refractivity contribution in [1.29, 1.82) is 0 Å². The highest BCUT2D eigenvalue weighted by Gasteiger charge is 2.42. The zero-order chi connectivity index (χ0) is 16.5. The highest BCUT2D eigenvalue weighted by Crippen LogP contribution is 2.46. The summed E-state index contributed by atoms with van der Waals surface area (Å²) in [5.41, 5.74) is 1.31. The van der Waals surface area contributed by atoms with Gasteiger partial charge in [0.05, 0.1) is 14.2 Å². The van der Waals surface area contributed by atoms with E-state index >= 15 is 0 Å². The fraction of sp³-hybridized carbons (Fsp3) is 0.700. The van der Waals surface area contributed by atoms with Gasteiger partial charge in [-0.2, -0.15) is 0 Å². The molecule has 0 radical (unpaired) electrons. The van der Waals surface area contributed by atoms with Crippen LogP contribution >= 0.6 is 0 Å². The van der Waals surface area contributed by atoms with E-state index in [0.29, 0.717) is 0 Å². The Bertz CT molecular complexity index is 569. The quantitative estimate of drug-likeness (QED) is 0.828. The molecule has 0 N–H and O–H groups in total. The zero-order valence-electron chi connectivity index (χ0n) is 15.0. The average molecular weight is 330 g/mol. The fourth-order valence-corrected chi connectivity index (χ4v) is 5.15. The second kappa shape index (κ2) is 6.93. The van der Waals surface area contributed by atoms with Crippen molar-refractivity contribution in [2.45, 2.75) is 38.3 Å². The second-order valence-corrected chi connectivity index (χ2v) is 7.74.